The van der Waals surface area contributed by atoms with Crippen molar-refractivity contribution in [2.75, 3.05) is 12.8 Å². The van der Waals surface area contributed by atoms with Crippen LogP contribution < -0.4 is 25.1 Å². The second-order valence-corrected chi connectivity index (χ2v) is 10.9. The van der Waals surface area contributed by atoms with Crippen LogP contribution in [0.15, 0.2) is 24.5 Å². The number of hydrogen-bond donors (Lipinski definition) is 3. The minimum Gasteiger partial charge on any atom is -0.493 e. The van der Waals surface area contributed by atoms with Gasteiger partial charge in [-0.05, 0) is 63.6 Å². The summed E-state index contributed by atoms with van der Waals surface area (Å²) in [6.07, 6.45) is 12.6. The molecule has 0 spiro atoms. The fourth-order valence-corrected chi connectivity index (χ4v) is 5.07. The minimum absolute atomic E-state index is 0.0268. The summed E-state index contributed by atoms with van der Waals surface area (Å²) in [4.78, 5) is 25.2. The lowest BCUT2D eigenvalue weighted by atomic mass is 10.0. The van der Waals surface area contributed by atoms with E-state index in [0.29, 0.717) is 35.8 Å². The first-order chi connectivity index (χ1) is 18.3. The van der Waals surface area contributed by atoms with E-state index in [4.69, 9.17) is 20.2 Å². The number of nitrogen functional groups attached to an aromatic ring is 1. The quantitative estimate of drug-likeness (QED) is 0.216. The molecule has 4 rings (SSSR count). The molecule has 1 aromatic carbocycles. The maximum Gasteiger partial charge on any atom is 0.294 e. The van der Waals surface area contributed by atoms with Crippen LogP contribution in [0.1, 0.15) is 96.4 Å². The summed E-state index contributed by atoms with van der Waals surface area (Å²) in [6, 6.07) is 6.00. The second kappa shape index (κ2) is 12.5. The van der Waals surface area contributed by atoms with Gasteiger partial charge in [-0.1, -0.05) is 48.6 Å². The molecular formula is C29H43N6O3+. The molecule has 1 saturated carbocycles. The molecule has 0 unspecified atom stereocenters. The fraction of sp³-hybridized carbons (Fsp3) is 0.586. The van der Waals surface area contributed by atoms with Gasteiger partial charge in [0, 0.05) is 6.42 Å². The van der Waals surface area contributed by atoms with Gasteiger partial charge in [-0.3, -0.25) is 4.79 Å². The summed E-state index contributed by atoms with van der Waals surface area (Å²) in [5, 5.41) is 3.13. The number of aromatic amines is 1. The maximum atomic E-state index is 12.6. The molecule has 4 N–H and O–H groups in total. The zero-order chi connectivity index (χ0) is 27.1. The van der Waals surface area contributed by atoms with Crippen LogP contribution >= 0.6 is 0 Å². The number of nitrogens with zero attached hydrogens (tertiary/aromatic N) is 3. The third-order valence-corrected chi connectivity index (χ3v) is 7.28. The van der Waals surface area contributed by atoms with Crippen LogP contribution in [0, 0.1) is 0 Å². The first-order valence-electron chi connectivity index (χ1n) is 14.0. The molecule has 1 aliphatic carbocycles. The summed E-state index contributed by atoms with van der Waals surface area (Å²) in [5.41, 5.74) is 7.90. The van der Waals surface area contributed by atoms with Crippen molar-refractivity contribution in [3.63, 3.8) is 0 Å². The van der Waals surface area contributed by atoms with Crippen molar-refractivity contribution < 1.29 is 18.8 Å². The Hall–Kier alpha value is -3.36. The average Bonchev–Trinajstić information content (AvgIpc) is 3.57. The number of imidazole rings is 1. The van der Waals surface area contributed by atoms with Crippen molar-refractivity contribution in [3.05, 3.63) is 35.9 Å². The lowest BCUT2D eigenvalue weighted by molar-refractivity contribution is -0.667. The first kappa shape index (κ1) is 27.7. The Morgan fingerprint density at radius 1 is 1.18 bits per heavy atom. The number of benzene rings is 1. The van der Waals surface area contributed by atoms with E-state index in [9.17, 15) is 4.79 Å². The third-order valence-electron chi connectivity index (χ3n) is 7.28. The first-order valence-corrected chi connectivity index (χ1v) is 14.0. The van der Waals surface area contributed by atoms with E-state index in [1.807, 2.05) is 36.6 Å². The zero-order valence-electron chi connectivity index (χ0n) is 23.3. The molecular weight excluding hydrogens is 480 g/mol. The molecule has 0 bridgehead atoms. The normalized spacial score (nSPS) is 14.2. The Morgan fingerprint density at radius 3 is 2.68 bits per heavy atom. The number of unbranched alkanes of at least 4 members (excludes halogenated alkanes) is 4. The number of aromatic nitrogens is 4. The molecule has 0 atom stereocenters. The molecule has 206 valence electrons. The maximum absolute atomic E-state index is 12.6. The fourth-order valence-electron chi connectivity index (χ4n) is 5.07. The van der Waals surface area contributed by atoms with Crippen molar-refractivity contribution in [2.45, 2.75) is 103 Å². The molecule has 0 aliphatic heterocycles. The summed E-state index contributed by atoms with van der Waals surface area (Å²) in [6.45, 7) is 6.62. The van der Waals surface area contributed by atoms with E-state index >= 15 is 0 Å². The van der Waals surface area contributed by atoms with E-state index in [2.05, 4.69) is 22.2 Å². The van der Waals surface area contributed by atoms with Gasteiger partial charge in [0.05, 0.1) is 19.8 Å². The Kier molecular flexibility index (Phi) is 9.07. The number of hydrogen-bond acceptors (Lipinski definition) is 6. The number of nitrogens with two attached hydrogens (primary N) is 1. The number of rotatable bonds is 13. The number of amides is 1. The highest BCUT2D eigenvalue weighted by atomic mass is 16.5. The van der Waals surface area contributed by atoms with Crippen LogP contribution in [0.4, 0.5) is 5.82 Å². The Morgan fingerprint density at radius 2 is 1.95 bits per heavy atom. The van der Waals surface area contributed by atoms with E-state index in [1.54, 1.807) is 13.4 Å². The Labute approximate surface area is 225 Å². The van der Waals surface area contributed by atoms with Gasteiger partial charge >= 0.3 is 0 Å². The number of methoxy groups -OCH3 is 1. The summed E-state index contributed by atoms with van der Waals surface area (Å²) in [5.74, 6) is 2.53. The molecule has 38 heavy (non-hydrogen) atoms. The minimum atomic E-state index is -0.688. The van der Waals surface area contributed by atoms with E-state index in [0.717, 1.165) is 42.7 Å². The summed E-state index contributed by atoms with van der Waals surface area (Å²) in [7, 11) is 1.66. The van der Waals surface area contributed by atoms with Gasteiger partial charge in [-0.25, -0.2) is 4.57 Å². The number of nitrogens with one attached hydrogen (secondary N) is 2. The molecule has 0 radical (unpaired) electrons. The Bertz CT molecular complexity index is 1230. The number of anilines is 1. The predicted octanol–water partition coefficient (Wildman–Crippen LogP) is 4.92. The molecule has 3 aromatic rings. The van der Waals surface area contributed by atoms with Crippen LogP contribution in [-0.4, -0.2) is 34.1 Å². The van der Waals surface area contributed by atoms with Gasteiger partial charge in [0.25, 0.3) is 5.65 Å². The number of carbonyl (C=O) groups excluding carboxylic acids is 1. The van der Waals surface area contributed by atoms with Crippen molar-refractivity contribution >= 4 is 22.9 Å². The van der Waals surface area contributed by atoms with Crippen LogP contribution in [0.25, 0.3) is 11.2 Å². The molecule has 9 nitrogen and oxygen atoms in total. The van der Waals surface area contributed by atoms with Crippen LogP contribution in [0.3, 0.4) is 0 Å². The van der Waals surface area contributed by atoms with Crippen molar-refractivity contribution in [1.29, 1.82) is 0 Å². The lowest BCUT2D eigenvalue weighted by Gasteiger charge is -2.22. The van der Waals surface area contributed by atoms with Crippen molar-refractivity contribution in [2.24, 2.45) is 0 Å². The molecule has 0 saturated heterocycles. The summed E-state index contributed by atoms with van der Waals surface area (Å²) < 4.78 is 13.8. The smallest absolute Gasteiger partial charge is 0.294 e. The van der Waals surface area contributed by atoms with Crippen molar-refractivity contribution in [1.82, 2.24) is 20.3 Å². The number of H-pyrrole nitrogens is 1. The predicted molar refractivity (Wildman–Crippen MR) is 148 cm³/mol. The topological polar surface area (TPSA) is 119 Å². The average molecular weight is 524 g/mol. The van der Waals surface area contributed by atoms with Crippen molar-refractivity contribution in [3.8, 4) is 11.5 Å². The van der Waals surface area contributed by atoms with Gasteiger partial charge in [0.1, 0.15) is 5.54 Å². The van der Waals surface area contributed by atoms with Gasteiger partial charge in [-0.2, -0.15) is 0 Å². The number of carbonyl (C=O) groups is 1. The van der Waals surface area contributed by atoms with Crippen LogP contribution in [0.5, 0.6) is 11.5 Å². The molecule has 1 amide bonds. The monoisotopic (exact) mass is 523 g/mol. The van der Waals surface area contributed by atoms with E-state index in [1.165, 1.54) is 32.1 Å². The lowest BCUT2D eigenvalue weighted by Crippen LogP contribution is -2.42. The molecule has 2 heterocycles. The van der Waals surface area contributed by atoms with Crippen LogP contribution in [0.2, 0.25) is 0 Å². The largest absolute Gasteiger partial charge is 0.493 e. The van der Waals surface area contributed by atoms with E-state index < -0.39 is 5.54 Å². The van der Waals surface area contributed by atoms with Gasteiger partial charge in [0.2, 0.25) is 23.9 Å². The summed E-state index contributed by atoms with van der Waals surface area (Å²) >= 11 is 0. The molecule has 1 fully saturated rings. The number of ether oxygens (including phenoxy) is 2. The van der Waals surface area contributed by atoms with Crippen LogP contribution in [-0.2, 0) is 16.9 Å². The highest BCUT2D eigenvalue weighted by molar-refractivity contribution is 5.80. The molecule has 1 aliphatic rings. The standard InChI is InChI=1S/C29H42N6O3/c1-5-6-7-8-9-14-24(36)34-29(2,3)28-32-25-26(30)31-19-35(27(25)33-28)18-20-15-16-22(37-4)23(17-20)38-21-12-10-11-13-21/h15-17,19,21H,5-14,18H2,1-4H3,(H3,30,32,33,34,36)/p+1. The highest BCUT2D eigenvalue weighted by Gasteiger charge is 2.31. The zero-order valence-corrected chi connectivity index (χ0v) is 23.3. The Balaban J connectivity index is 1.52. The third kappa shape index (κ3) is 6.74. The van der Waals surface area contributed by atoms with E-state index in [-0.39, 0.29) is 12.0 Å². The van der Waals surface area contributed by atoms with Gasteiger partial charge in [0.15, 0.2) is 17.0 Å². The van der Waals surface area contributed by atoms with Gasteiger partial charge < -0.3 is 25.5 Å². The molecule has 2 aromatic heterocycles. The highest BCUT2D eigenvalue weighted by Crippen LogP contribution is 2.32. The number of fused-ring (bicyclic) bond motifs is 1. The van der Waals surface area contributed by atoms with Gasteiger partial charge in [-0.15, -0.1) is 0 Å². The SMILES string of the molecule is CCCCCCCC(=O)NC(C)(C)c1nc2c([nH]1)c(N)nc[n+]2Cc1ccc(OC)c(OC2CCCC2)c1. The molecule has 9 heteroatoms. The second-order valence-electron chi connectivity index (χ2n) is 10.9.